The number of hydrogen-bond acceptors (Lipinski definition) is 4. The lowest BCUT2D eigenvalue weighted by atomic mass is 10.2. The number of carbonyl (C=O) groups excluding carboxylic acids is 1. The SMILES string of the molecule is CC1CCN(Cc2ccccc2)CCN1C(=O)Nc1ccc2cccnc2n1. The van der Waals surface area contributed by atoms with Crippen LogP contribution in [0.1, 0.15) is 18.9 Å². The first kappa shape index (κ1) is 18.4. The third kappa shape index (κ3) is 4.28. The number of hydrogen-bond donors (Lipinski definition) is 1. The van der Waals surface area contributed by atoms with Gasteiger partial charge in [-0.2, -0.15) is 0 Å². The molecule has 1 unspecified atom stereocenters. The number of carbonyl (C=O) groups is 1. The van der Waals surface area contributed by atoms with Crippen molar-refractivity contribution in [2.45, 2.75) is 25.9 Å². The molecular formula is C22H25N5O. The van der Waals surface area contributed by atoms with Crippen LogP contribution >= 0.6 is 0 Å². The Kier molecular flexibility index (Phi) is 5.48. The van der Waals surface area contributed by atoms with Crippen LogP contribution in [0.25, 0.3) is 11.0 Å². The molecule has 0 spiro atoms. The van der Waals surface area contributed by atoms with E-state index in [1.54, 1.807) is 6.20 Å². The number of anilines is 1. The topological polar surface area (TPSA) is 61.4 Å². The van der Waals surface area contributed by atoms with E-state index in [1.807, 2.05) is 35.2 Å². The number of fused-ring (bicyclic) bond motifs is 1. The van der Waals surface area contributed by atoms with Crippen molar-refractivity contribution < 1.29 is 4.79 Å². The Morgan fingerprint density at radius 2 is 1.93 bits per heavy atom. The van der Waals surface area contributed by atoms with Gasteiger partial charge < -0.3 is 4.90 Å². The monoisotopic (exact) mass is 375 g/mol. The normalized spacial score (nSPS) is 18.0. The fourth-order valence-electron chi connectivity index (χ4n) is 3.61. The van der Waals surface area contributed by atoms with E-state index < -0.39 is 0 Å². The molecule has 2 aromatic heterocycles. The highest BCUT2D eigenvalue weighted by Crippen LogP contribution is 2.17. The summed E-state index contributed by atoms with van der Waals surface area (Å²) in [5.41, 5.74) is 1.94. The van der Waals surface area contributed by atoms with Crippen molar-refractivity contribution in [3.05, 3.63) is 66.4 Å². The third-order valence-corrected chi connectivity index (χ3v) is 5.26. The molecule has 2 amide bonds. The molecule has 144 valence electrons. The van der Waals surface area contributed by atoms with Gasteiger partial charge in [0.2, 0.25) is 0 Å². The Balaban J connectivity index is 1.40. The molecule has 1 fully saturated rings. The van der Waals surface area contributed by atoms with E-state index >= 15 is 0 Å². The molecule has 28 heavy (non-hydrogen) atoms. The molecule has 1 atom stereocenters. The molecule has 6 nitrogen and oxygen atoms in total. The summed E-state index contributed by atoms with van der Waals surface area (Å²) < 4.78 is 0. The van der Waals surface area contributed by atoms with Gasteiger partial charge >= 0.3 is 6.03 Å². The number of pyridine rings is 2. The highest BCUT2D eigenvalue weighted by atomic mass is 16.2. The molecule has 3 aromatic rings. The van der Waals surface area contributed by atoms with Gasteiger partial charge in [0.05, 0.1) is 0 Å². The largest absolute Gasteiger partial charge is 0.323 e. The first-order chi connectivity index (χ1) is 13.7. The minimum absolute atomic E-state index is 0.100. The summed E-state index contributed by atoms with van der Waals surface area (Å²) in [6.45, 7) is 5.57. The van der Waals surface area contributed by atoms with Gasteiger partial charge in [0.15, 0.2) is 5.65 Å². The van der Waals surface area contributed by atoms with Crippen LogP contribution in [0.2, 0.25) is 0 Å². The zero-order valence-electron chi connectivity index (χ0n) is 16.1. The second kappa shape index (κ2) is 8.35. The van der Waals surface area contributed by atoms with E-state index in [2.05, 4.69) is 51.4 Å². The number of rotatable bonds is 3. The van der Waals surface area contributed by atoms with Crippen molar-refractivity contribution in [1.29, 1.82) is 0 Å². The van der Waals surface area contributed by atoms with Gasteiger partial charge in [-0.05, 0) is 43.2 Å². The molecule has 3 heterocycles. The van der Waals surface area contributed by atoms with Crippen LogP contribution in [0.3, 0.4) is 0 Å². The number of aromatic nitrogens is 2. The fraction of sp³-hybridized carbons (Fsp3) is 0.318. The molecule has 1 aliphatic heterocycles. The molecule has 1 saturated heterocycles. The Morgan fingerprint density at radius 3 is 2.79 bits per heavy atom. The van der Waals surface area contributed by atoms with Crippen molar-refractivity contribution in [3.8, 4) is 0 Å². The maximum Gasteiger partial charge on any atom is 0.323 e. The molecule has 0 saturated carbocycles. The summed E-state index contributed by atoms with van der Waals surface area (Å²) in [6, 6.07) is 18.2. The second-order valence-corrected chi connectivity index (χ2v) is 7.27. The van der Waals surface area contributed by atoms with Crippen molar-refractivity contribution in [1.82, 2.24) is 19.8 Å². The average Bonchev–Trinajstić information content (AvgIpc) is 2.90. The maximum absolute atomic E-state index is 12.9. The molecule has 1 N–H and O–H groups in total. The Hall–Kier alpha value is -2.99. The molecule has 0 radical (unpaired) electrons. The van der Waals surface area contributed by atoms with E-state index in [1.165, 1.54) is 5.56 Å². The Labute approximate surface area is 165 Å². The van der Waals surface area contributed by atoms with E-state index in [-0.39, 0.29) is 12.1 Å². The van der Waals surface area contributed by atoms with E-state index in [9.17, 15) is 4.79 Å². The molecule has 1 aliphatic rings. The van der Waals surface area contributed by atoms with Crippen LogP contribution in [0, 0.1) is 0 Å². The van der Waals surface area contributed by atoms with Crippen LogP contribution in [-0.2, 0) is 6.54 Å². The van der Waals surface area contributed by atoms with Crippen molar-refractivity contribution in [2.75, 3.05) is 25.0 Å². The molecular weight excluding hydrogens is 350 g/mol. The van der Waals surface area contributed by atoms with Gasteiger partial charge in [0, 0.05) is 43.8 Å². The second-order valence-electron chi connectivity index (χ2n) is 7.27. The smallest absolute Gasteiger partial charge is 0.320 e. The lowest BCUT2D eigenvalue weighted by molar-refractivity contribution is 0.194. The highest BCUT2D eigenvalue weighted by molar-refractivity contribution is 5.90. The van der Waals surface area contributed by atoms with Gasteiger partial charge in [-0.3, -0.25) is 10.2 Å². The maximum atomic E-state index is 12.9. The fourth-order valence-corrected chi connectivity index (χ4v) is 3.61. The van der Waals surface area contributed by atoms with Crippen LogP contribution in [0.4, 0.5) is 10.6 Å². The van der Waals surface area contributed by atoms with Gasteiger partial charge in [0.25, 0.3) is 0 Å². The lowest BCUT2D eigenvalue weighted by Gasteiger charge is -2.26. The van der Waals surface area contributed by atoms with Crippen molar-refractivity contribution in [2.24, 2.45) is 0 Å². The summed E-state index contributed by atoms with van der Waals surface area (Å²) in [4.78, 5) is 25.9. The molecule has 1 aromatic carbocycles. The lowest BCUT2D eigenvalue weighted by Crippen LogP contribution is -2.42. The molecule has 4 rings (SSSR count). The van der Waals surface area contributed by atoms with Crippen LogP contribution < -0.4 is 5.32 Å². The van der Waals surface area contributed by atoms with Gasteiger partial charge in [-0.25, -0.2) is 14.8 Å². The van der Waals surface area contributed by atoms with Gasteiger partial charge in [-0.1, -0.05) is 30.3 Å². The summed E-state index contributed by atoms with van der Waals surface area (Å²) in [5, 5.41) is 3.90. The first-order valence-corrected chi connectivity index (χ1v) is 9.75. The molecule has 0 aliphatic carbocycles. The van der Waals surface area contributed by atoms with Crippen LogP contribution in [-0.4, -0.2) is 51.5 Å². The summed E-state index contributed by atoms with van der Waals surface area (Å²) in [5.74, 6) is 0.536. The number of urea groups is 1. The predicted molar refractivity (Wildman–Crippen MR) is 111 cm³/mol. The Bertz CT molecular complexity index is 946. The van der Waals surface area contributed by atoms with E-state index in [4.69, 9.17) is 0 Å². The van der Waals surface area contributed by atoms with Crippen molar-refractivity contribution in [3.63, 3.8) is 0 Å². The first-order valence-electron chi connectivity index (χ1n) is 9.75. The number of nitrogens with zero attached hydrogens (tertiary/aromatic N) is 4. The molecule has 0 bridgehead atoms. The number of benzene rings is 1. The summed E-state index contributed by atoms with van der Waals surface area (Å²) in [7, 11) is 0. The quantitative estimate of drug-likeness (QED) is 0.757. The summed E-state index contributed by atoms with van der Waals surface area (Å²) >= 11 is 0. The zero-order valence-corrected chi connectivity index (χ0v) is 16.1. The molecule has 6 heteroatoms. The Morgan fingerprint density at radius 1 is 1.07 bits per heavy atom. The third-order valence-electron chi connectivity index (χ3n) is 5.26. The van der Waals surface area contributed by atoms with Crippen molar-refractivity contribution >= 4 is 22.9 Å². The average molecular weight is 375 g/mol. The highest BCUT2D eigenvalue weighted by Gasteiger charge is 2.25. The number of nitrogens with one attached hydrogen (secondary N) is 1. The standard InChI is InChI=1S/C22H25N5O/c1-17-11-13-26(16-18-6-3-2-4-7-18)14-15-27(17)22(28)25-20-10-9-19-8-5-12-23-21(19)24-20/h2-10,12,17H,11,13-16H2,1H3,(H,23,24,25,28). The van der Waals surface area contributed by atoms with Gasteiger partial charge in [0.1, 0.15) is 5.82 Å². The minimum atomic E-state index is -0.100. The minimum Gasteiger partial charge on any atom is -0.320 e. The predicted octanol–water partition coefficient (Wildman–Crippen LogP) is 3.76. The van der Waals surface area contributed by atoms with Gasteiger partial charge in [-0.15, -0.1) is 0 Å². The van der Waals surface area contributed by atoms with E-state index in [0.29, 0.717) is 18.0 Å². The zero-order chi connectivity index (χ0) is 19.3. The van der Waals surface area contributed by atoms with Crippen LogP contribution in [0.5, 0.6) is 0 Å². The van der Waals surface area contributed by atoms with E-state index in [0.717, 1.165) is 31.4 Å². The number of amides is 2. The van der Waals surface area contributed by atoms with Crippen LogP contribution in [0.15, 0.2) is 60.8 Å². The summed E-state index contributed by atoms with van der Waals surface area (Å²) in [6.07, 6.45) is 2.66.